The molecule has 0 saturated carbocycles. The number of anilines is 1. The predicted octanol–water partition coefficient (Wildman–Crippen LogP) is 0.564. The van der Waals surface area contributed by atoms with Crippen LogP contribution in [-0.4, -0.2) is 24.1 Å². The Morgan fingerprint density at radius 2 is 2.38 bits per heavy atom. The van der Waals surface area contributed by atoms with Gasteiger partial charge in [0.05, 0.1) is 0 Å². The maximum Gasteiger partial charge on any atom is 0.255 e. The third-order valence-electron chi connectivity index (χ3n) is 1.65. The van der Waals surface area contributed by atoms with Crippen LogP contribution in [0.1, 0.15) is 5.56 Å². The minimum Gasteiger partial charge on any atom is -0.348 e. The van der Waals surface area contributed by atoms with Gasteiger partial charge in [-0.25, -0.2) is 4.98 Å². The highest BCUT2D eigenvalue weighted by molar-refractivity contribution is 5.27. The van der Waals surface area contributed by atoms with Crippen LogP contribution in [0.4, 0.5) is 5.95 Å². The highest BCUT2D eigenvalue weighted by atomic mass is 16.1. The average molecular weight is 179 g/mol. The SMILES string of the molecule is C=CCc1cnc(N(C)C)[nH]c1=O. The predicted molar refractivity (Wildman–Crippen MR) is 53.1 cm³/mol. The van der Waals surface area contributed by atoms with Crippen LogP contribution in [0.25, 0.3) is 0 Å². The van der Waals surface area contributed by atoms with E-state index >= 15 is 0 Å². The van der Waals surface area contributed by atoms with Gasteiger partial charge in [-0.1, -0.05) is 6.08 Å². The van der Waals surface area contributed by atoms with E-state index < -0.39 is 0 Å². The Morgan fingerprint density at radius 1 is 1.69 bits per heavy atom. The molecular weight excluding hydrogens is 166 g/mol. The number of hydrogen-bond donors (Lipinski definition) is 1. The molecule has 0 spiro atoms. The molecule has 70 valence electrons. The lowest BCUT2D eigenvalue weighted by Gasteiger charge is -2.09. The van der Waals surface area contributed by atoms with Crippen LogP contribution < -0.4 is 10.5 Å². The second kappa shape index (κ2) is 3.89. The highest BCUT2D eigenvalue weighted by Gasteiger charge is 2.01. The van der Waals surface area contributed by atoms with Crippen molar-refractivity contribution in [2.45, 2.75) is 6.42 Å². The van der Waals surface area contributed by atoms with Crippen LogP contribution in [0.2, 0.25) is 0 Å². The summed E-state index contributed by atoms with van der Waals surface area (Å²) >= 11 is 0. The van der Waals surface area contributed by atoms with Crippen molar-refractivity contribution in [3.05, 3.63) is 34.8 Å². The van der Waals surface area contributed by atoms with E-state index in [0.29, 0.717) is 17.9 Å². The number of hydrogen-bond acceptors (Lipinski definition) is 3. The van der Waals surface area contributed by atoms with Crippen LogP contribution in [0, 0.1) is 0 Å². The minimum absolute atomic E-state index is 0.0985. The lowest BCUT2D eigenvalue weighted by molar-refractivity contribution is 0.956. The first-order chi connectivity index (χ1) is 6.15. The standard InChI is InChI=1S/C9H13N3O/c1-4-5-7-6-10-9(12(2)3)11-8(7)13/h4,6H,1,5H2,2-3H3,(H,10,11,13). The molecule has 0 aliphatic rings. The van der Waals surface area contributed by atoms with Crippen molar-refractivity contribution in [1.82, 2.24) is 9.97 Å². The van der Waals surface area contributed by atoms with Gasteiger partial charge in [0.15, 0.2) is 0 Å². The molecule has 13 heavy (non-hydrogen) atoms. The summed E-state index contributed by atoms with van der Waals surface area (Å²) in [6.45, 7) is 3.56. The fourth-order valence-electron chi connectivity index (χ4n) is 0.940. The molecule has 0 atom stereocenters. The number of aromatic amines is 1. The smallest absolute Gasteiger partial charge is 0.255 e. The Bertz CT molecular complexity index is 354. The third kappa shape index (κ3) is 2.18. The summed E-state index contributed by atoms with van der Waals surface area (Å²) < 4.78 is 0. The molecule has 0 bridgehead atoms. The second-order valence-corrected chi connectivity index (χ2v) is 2.95. The molecule has 0 aliphatic carbocycles. The van der Waals surface area contributed by atoms with Crippen LogP contribution in [-0.2, 0) is 6.42 Å². The quantitative estimate of drug-likeness (QED) is 0.690. The first-order valence-corrected chi connectivity index (χ1v) is 4.01. The zero-order chi connectivity index (χ0) is 9.84. The number of allylic oxidation sites excluding steroid dienone is 1. The van der Waals surface area contributed by atoms with E-state index in [9.17, 15) is 4.79 Å². The van der Waals surface area contributed by atoms with Crippen molar-refractivity contribution in [3.63, 3.8) is 0 Å². The first-order valence-electron chi connectivity index (χ1n) is 4.01. The summed E-state index contributed by atoms with van der Waals surface area (Å²) in [5, 5.41) is 0. The van der Waals surface area contributed by atoms with Gasteiger partial charge in [-0.05, 0) is 6.42 Å². The summed E-state index contributed by atoms with van der Waals surface area (Å²) in [6.07, 6.45) is 3.81. The Balaban J connectivity index is 3.05. The maximum absolute atomic E-state index is 11.4. The van der Waals surface area contributed by atoms with Gasteiger partial charge in [0.2, 0.25) is 5.95 Å². The lowest BCUT2D eigenvalue weighted by atomic mass is 10.2. The van der Waals surface area contributed by atoms with E-state index in [1.54, 1.807) is 17.2 Å². The van der Waals surface area contributed by atoms with Gasteiger partial charge in [0, 0.05) is 25.9 Å². The van der Waals surface area contributed by atoms with Gasteiger partial charge in [0.1, 0.15) is 0 Å². The number of nitrogens with one attached hydrogen (secondary N) is 1. The molecule has 0 amide bonds. The molecule has 0 aliphatic heterocycles. The number of rotatable bonds is 3. The third-order valence-corrected chi connectivity index (χ3v) is 1.65. The molecule has 4 nitrogen and oxygen atoms in total. The Labute approximate surface area is 76.9 Å². The van der Waals surface area contributed by atoms with Crippen LogP contribution >= 0.6 is 0 Å². The first kappa shape index (κ1) is 9.51. The summed E-state index contributed by atoms with van der Waals surface area (Å²) in [5.74, 6) is 0.567. The molecule has 1 rings (SSSR count). The second-order valence-electron chi connectivity index (χ2n) is 2.95. The number of nitrogens with zero attached hydrogens (tertiary/aromatic N) is 2. The van der Waals surface area contributed by atoms with E-state index in [2.05, 4.69) is 16.5 Å². The topological polar surface area (TPSA) is 49.0 Å². The molecular formula is C9H13N3O. The number of H-pyrrole nitrogens is 1. The Kier molecular flexibility index (Phi) is 2.84. The molecule has 4 heteroatoms. The molecule has 0 radical (unpaired) electrons. The van der Waals surface area contributed by atoms with Crippen molar-refractivity contribution < 1.29 is 0 Å². The monoisotopic (exact) mass is 179 g/mol. The Hall–Kier alpha value is -1.58. The van der Waals surface area contributed by atoms with Crippen molar-refractivity contribution in [3.8, 4) is 0 Å². The van der Waals surface area contributed by atoms with E-state index in [1.807, 2.05) is 14.1 Å². The largest absolute Gasteiger partial charge is 0.348 e. The molecule has 0 saturated heterocycles. The maximum atomic E-state index is 11.4. The van der Waals surface area contributed by atoms with Gasteiger partial charge >= 0.3 is 0 Å². The van der Waals surface area contributed by atoms with E-state index in [1.165, 1.54) is 0 Å². The Morgan fingerprint density at radius 3 is 2.85 bits per heavy atom. The molecule has 0 fully saturated rings. The van der Waals surface area contributed by atoms with Gasteiger partial charge in [0.25, 0.3) is 5.56 Å². The van der Waals surface area contributed by atoms with Gasteiger partial charge in [-0.2, -0.15) is 0 Å². The summed E-state index contributed by atoms with van der Waals surface area (Å²) in [7, 11) is 3.65. The van der Waals surface area contributed by atoms with E-state index in [-0.39, 0.29) is 5.56 Å². The van der Waals surface area contributed by atoms with Gasteiger partial charge < -0.3 is 4.90 Å². The molecule has 1 aromatic heterocycles. The molecule has 1 aromatic rings. The number of aromatic nitrogens is 2. The van der Waals surface area contributed by atoms with E-state index in [0.717, 1.165) is 0 Å². The summed E-state index contributed by atoms with van der Waals surface area (Å²) in [4.78, 5) is 19.9. The summed E-state index contributed by atoms with van der Waals surface area (Å²) in [5.41, 5.74) is 0.541. The lowest BCUT2D eigenvalue weighted by Crippen LogP contribution is -2.20. The average Bonchev–Trinajstić information content (AvgIpc) is 2.08. The fraction of sp³-hybridized carbons (Fsp3) is 0.333. The van der Waals surface area contributed by atoms with Crippen molar-refractivity contribution in [2.24, 2.45) is 0 Å². The van der Waals surface area contributed by atoms with Crippen molar-refractivity contribution >= 4 is 5.95 Å². The zero-order valence-electron chi connectivity index (χ0n) is 7.87. The fourth-order valence-corrected chi connectivity index (χ4v) is 0.940. The van der Waals surface area contributed by atoms with E-state index in [4.69, 9.17) is 0 Å². The van der Waals surface area contributed by atoms with Crippen molar-refractivity contribution in [1.29, 1.82) is 0 Å². The normalized spacial score (nSPS) is 9.69. The van der Waals surface area contributed by atoms with Crippen LogP contribution in [0.3, 0.4) is 0 Å². The summed E-state index contributed by atoms with van der Waals surface area (Å²) in [6, 6.07) is 0. The van der Waals surface area contributed by atoms with Gasteiger partial charge in [-0.3, -0.25) is 9.78 Å². The van der Waals surface area contributed by atoms with Crippen LogP contribution in [0.15, 0.2) is 23.6 Å². The zero-order valence-corrected chi connectivity index (χ0v) is 7.87. The minimum atomic E-state index is -0.0985. The van der Waals surface area contributed by atoms with Crippen molar-refractivity contribution in [2.75, 3.05) is 19.0 Å². The molecule has 0 unspecified atom stereocenters. The van der Waals surface area contributed by atoms with Gasteiger partial charge in [-0.15, -0.1) is 6.58 Å². The van der Waals surface area contributed by atoms with Crippen LogP contribution in [0.5, 0.6) is 0 Å². The molecule has 0 aromatic carbocycles. The highest BCUT2D eigenvalue weighted by Crippen LogP contribution is 1.98. The molecule has 1 N–H and O–H groups in total. The molecule has 1 heterocycles.